The first kappa shape index (κ1) is 30.7. The molecule has 3 aromatic rings. The fourth-order valence-corrected chi connectivity index (χ4v) is 5.99. The number of anilines is 1. The predicted octanol–water partition coefficient (Wildman–Crippen LogP) is 4.78. The van der Waals surface area contributed by atoms with Crippen LogP contribution in [0.25, 0.3) is 0 Å². The van der Waals surface area contributed by atoms with E-state index in [1.165, 1.54) is 17.0 Å². The molecule has 0 aromatic heterocycles. The molecule has 0 saturated carbocycles. The normalized spacial score (nSPS) is 12.1. The standard InChI is InChI=1S/C31H39N3O5S/c1-6-25-13-11-12-16-29(25)34(40(37,38)27-14-9-8-10-15-27)22-30(35)33(28(7-2)31(36)32-23(3)4)21-24-17-19-26(39-5)20-18-24/h8-20,23,28H,6-7,21-22H2,1-5H3,(H,32,36)/t28-/m0/s1. The van der Waals surface area contributed by atoms with Gasteiger partial charge in [-0.05, 0) is 68.1 Å². The highest BCUT2D eigenvalue weighted by atomic mass is 32.2. The molecule has 0 saturated heterocycles. The molecule has 1 N–H and O–H groups in total. The van der Waals surface area contributed by atoms with Crippen LogP contribution in [0.15, 0.2) is 83.8 Å². The van der Waals surface area contributed by atoms with Crippen molar-refractivity contribution in [2.75, 3.05) is 18.0 Å². The van der Waals surface area contributed by atoms with Crippen LogP contribution in [0, 0.1) is 0 Å². The number of benzene rings is 3. The first-order chi connectivity index (χ1) is 19.1. The minimum Gasteiger partial charge on any atom is -0.497 e. The highest BCUT2D eigenvalue weighted by Gasteiger charge is 2.34. The number of sulfonamides is 1. The third-order valence-electron chi connectivity index (χ3n) is 6.58. The van der Waals surface area contributed by atoms with Crippen molar-refractivity contribution >= 4 is 27.5 Å². The number of amides is 2. The highest BCUT2D eigenvalue weighted by molar-refractivity contribution is 7.92. The molecule has 0 spiro atoms. The molecule has 0 aliphatic heterocycles. The Balaban J connectivity index is 2.08. The van der Waals surface area contributed by atoms with Crippen molar-refractivity contribution < 1.29 is 22.7 Å². The van der Waals surface area contributed by atoms with Gasteiger partial charge in [-0.3, -0.25) is 13.9 Å². The first-order valence-electron chi connectivity index (χ1n) is 13.5. The van der Waals surface area contributed by atoms with Gasteiger partial charge in [-0.25, -0.2) is 8.42 Å². The maximum absolute atomic E-state index is 14.1. The molecule has 1 atom stereocenters. The van der Waals surface area contributed by atoms with Gasteiger partial charge in [0.1, 0.15) is 18.3 Å². The van der Waals surface area contributed by atoms with E-state index in [1.807, 2.05) is 52.0 Å². The van der Waals surface area contributed by atoms with E-state index < -0.39 is 28.5 Å². The maximum atomic E-state index is 14.1. The Morgan fingerprint density at radius 1 is 0.900 bits per heavy atom. The van der Waals surface area contributed by atoms with E-state index in [0.717, 1.165) is 15.4 Å². The van der Waals surface area contributed by atoms with Gasteiger partial charge in [-0.15, -0.1) is 0 Å². The molecule has 0 fully saturated rings. The average Bonchev–Trinajstić information content (AvgIpc) is 2.96. The van der Waals surface area contributed by atoms with E-state index >= 15 is 0 Å². The van der Waals surface area contributed by atoms with Crippen LogP contribution in [-0.4, -0.2) is 50.9 Å². The van der Waals surface area contributed by atoms with Crippen molar-refractivity contribution in [3.05, 3.63) is 90.0 Å². The van der Waals surface area contributed by atoms with E-state index in [-0.39, 0.29) is 23.4 Å². The van der Waals surface area contributed by atoms with Gasteiger partial charge in [0.2, 0.25) is 11.8 Å². The quantitative estimate of drug-likeness (QED) is 0.322. The molecule has 8 nitrogen and oxygen atoms in total. The van der Waals surface area contributed by atoms with Crippen LogP contribution >= 0.6 is 0 Å². The Hall–Kier alpha value is -3.85. The lowest BCUT2D eigenvalue weighted by molar-refractivity contribution is -0.140. The fourth-order valence-electron chi connectivity index (χ4n) is 4.51. The van der Waals surface area contributed by atoms with Crippen LogP contribution in [-0.2, 0) is 32.6 Å². The Bertz CT molecular complexity index is 1380. The number of hydrogen-bond donors (Lipinski definition) is 1. The summed E-state index contributed by atoms with van der Waals surface area (Å²) in [5.74, 6) is -0.0969. The molecule has 0 bridgehead atoms. The van der Waals surface area contributed by atoms with E-state index in [4.69, 9.17) is 4.74 Å². The first-order valence-corrected chi connectivity index (χ1v) is 14.9. The van der Waals surface area contributed by atoms with Gasteiger partial charge in [0.25, 0.3) is 10.0 Å². The number of carbonyl (C=O) groups is 2. The summed E-state index contributed by atoms with van der Waals surface area (Å²) in [4.78, 5) is 28.9. The summed E-state index contributed by atoms with van der Waals surface area (Å²) in [6.45, 7) is 7.15. The number of nitrogens with one attached hydrogen (secondary N) is 1. The van der Waals surface area contributed by atoms with E-state index in [1.54, 1.807) is 49.6 Å². The summed E-state index contributed by atoms with van der Waals surface area (Å²) in [6, 6.07) is 21.6. The van der Waals surface area contributed by atoms with Crippen molar-refractivity contribution in [1.82, 2.24) is 10.2 Å². The Kier molecular flexibility index (Phi) is 10.7. The second-order valence-electron chi connectivity index (χ2n) is 9.76. The van der Waals surface area contributed by atoms with Crippen molar-refractivity contribution in [2.24, 2.45) is 0 Å². The zero-order chi connectivity index (χ0) is 29.3. The van der Waals surface area contributed by atoms with Gasteiger partial charge in [0, 0.05) is 12.6 Å². The van der Waals surface area contributed by atoms with Crippen molar-refractivity contribution in [2.45, 2.75) is 64.1 Å². The number of ether oxygens (including phenoxy) is 1. The molecule has 40 heavy (non-hydrogen) atoms. The largest absolute Gasteiger partial charge is 0.497 e. The van der Waals surface area contributed by atoms with Crippen LogP contribution in [0.4, 0.5) is 5.69 Å². The summed E-state index contributed by atoms with van der Waals surface area (Å²) in [6.07, 6.45) is 0.937. The van der Waals surface area contributed by atoms with Crippen molar-refractivity contribution in [1.29, 1.82) is 0 Å². The van der Waals surface area contributed by atoms with Crippen LogP contribution in [0.5, 0.6) is 5.75 Å². The summed E-state index contributed by atoms with van der Waals surface area (Å²) in [5, 5.41) is 2.91. The minimum atomic E-state index is -4.10. The Morgan fingerprint density at radius 3 is 2.10 bits per heavy atom. The maximum Gasteiger partial charge on any atom is 0.264 e. The number of aryl methyl sites for hydroxylation is 1. The summed E-state index contributed by atoms with van der Waals surface area (Å²) >= 11 is 0. The Morgan fingerprint density at radius 2 is 1.52 bits per heavy atom. The lowest BCUT2D eigenvalue weighted by Gasteiger charge is -2.34. The molecule has 2 amide bonds. The number of para-hydroxylation sites is 1. The number of hydrogen-bond acceptors (Lipinski definition) is 5. The lowest BCUT2D eigenvalue weighted by Crippen LogP contribution is -2.53. The molecule has 0 aliphatic rings. The summed E-state index contributed by atoms with van der Waals surface area (Å²) < 4.78 is 34.4. The molecule has 0 unspecified atom stereocenters. The van der Waals surface area contributed by atoms with Crippen LogP contribution in [0.1, 0.15) is 45.2 Å². The topological polar surface area (TPSA) is 96.0 Å². The third-order valence-corrected chi connectivity index (χ3v) is 8.35. The zero-order valence-electron chi connectivity index (χ0n) is 23.8. The molecule has 9 heteroatoms. The molecule has 3 rings (SSSR count). The van der Waals surface area contributed by atoms with Gasteiger partial charge in [0.05, 0.1) is 17.7 Å². The molecule has 0 aliphatic carbocycles. The predicted molar refractivity (Wildman–Crippen MR) is 158 cm³/mol. The number of nitrogens with zero attached hydrogens (tertiary/aromatic N) is 2. The molecule has 214 valence electrons. The second-order valence-corrected chi connectivity index (χ2v) is 11.6. The lowest BCUT2D eigenvalue weighted by atomic mass is 10.1. The number of methoxy groups -OCH3 is 1. The third kappa shape index (κ3) is 7.41. The second kappa shape index (κ2) is 14.0. The Labute approximate surface area is 238 Å². The molecule has 0 radical (unpaired) electrons. The molecular weight excluding hydrogens is 526 g/mol. The number of rotatable bonds is 13. The van der Waals surface area contributed by atoms with Crippen LogP contribution < -0.4 is 14.4 Å². The zero-order valence-corrected chi connectivity index (χ0v) is 24.6. The minimum absolute atomic E-state index is 0.0833. The SMILES string of the molecule is CCc1ccccc1N(CC(=O)N(Cc1ccc(OC)cc1)[C@@H](CC)C(=O)NC(C)C)S(=O)(=O)c1ccccc1. The molecular formula is C31H39N3O5S. The number of carbonyl (C=O) groups excluding carboxylic acids is 2. The van der Waals surface area contributed by atoms with Crippen LogP contribution in [0.3, 0.4) is 0 Å². The van der Waals surface area contributed by atoms with Gasteiger partial charge in [-0.1, -0.05) is 62.4 Å². The van der Waals surface area contributed by atoms with Crippen LogP contribution in [0.2, 0.25) is 0 Å². The summed E-state index contributed by atoms with van der Waals surface area (Å²) in [7, 11) is -2.53. The van der Waals surface area contributed by atoms with Gasteiger partial charge < -0.3 is 15.0 Å². The fraction of sp³-hybridized carbons (Fsp3) is 0.355. The van der Waals surface area contributed by atoms with E-state index in [2.05, 4.69) is 5.32 Å². The van der Waals surface area contributed by atoms with E-state index in [0.29, 0.717) is 24.3 Å². The van der Waals surface area contributed by atoms with Gasteiger partial charge in [-0.2, -0.15) is 0 Å². The average molecular weight is 566 g/mol. The molecule has 3 aromatic carbocycles. The summed E-state index contributed by atoms with van der Waals surface area (Å²) in [5.41, 5.74) is 2.02. The van der Waals surface area contributed by atoms with Crippen molar-refractivity contribution in [3.63, 3.8) is 0 Å². The van der Waals surface area contributed by atoms with Gasteiger partial charge in [0.15, 0.2) is 0 Å². The van der Waals surface area contributed by atoms with Crippen molar-refractivity contribution in [3.8, 4) is 5.75 Å². The smallest absolute Gasteiger partial charge is 0.264 e. The van der Waals surface area contributed by atoms with Gasteiger partial charge >= 0.3 is 0 Å². The monoisotopic (exact) mass is 565 g/mol. The van der Waals surface area contributed by atoms with E-state index in [9.17, 15) is 18.0 Å². The molecule has 0 heterocycles. The highest BCUT2D eigenvalue weighted by Crippen LogP contribution is 2.28.